The Kier molecular flexibility index (Phi) is 4.19. The fourth-order valence-corrected chi connectivity index (χ4v) is 3.30. The Bertz CT molecular complexity index is 1130. The molecule has 0 aliphatic rings. The molecule has 2 aromatic carbocycles. The van der Waals surface area contributed by atoms with E-state index in [0.29, 0.717) is 5.58 Å². The van der Waals surface area contributed by atoms with Gasteiger partial charge in [-0.05, 0) is 42.5 Å². The van der Waals surface area contributed by atoms with Crippen molar-refractivity contribution in [2.75, 3.05) is 0 Å². The standard InChI is InChI=1S/C18H11Br2N3O2/c19-12-2-4-16-10(5-12)6-17(25-16)18(24)23-22-9-11-8-21-15-3-1-13(20)7-14(11)15/h1-9,21H,(H,23,24)/b22-9+. The molecule has 7 heteroatoms. The minimum atomic E-state index is -0.399. The van der Waals surface area contributed by atoms with Gasteiger partial charge in [-0.3, -0.25) is 4.79 Å². The van der Waals surface area contributed by atoms with Gasteiger partial charge in [-0.2, -0.15) is 5.10 Å². The number of hydrogen-bond donors (Lipinski definition) is 2. The van der Waals surface area contributed by atoms with Crippen LogP contribution in [0.15, 0.2) is 67.1 Å². The monoisotopic (exact) mass is 459 g/mol. The van der Waals surface area contributed by atoms with E-state index in [2.05, 4.69) is 47.4 Å². The van der Waals surface area contributed by atoms with Gasteiger partial charge in [0, 0.05) is 37.0 Å². The number of nitrogens with one attached hydrogen (secondary N) is 2. The van der Waals surface area contributed by atoms with Crippen molar-refractivity contribution in [2.24, 2.45) is 5.10 Å². The van der Waals surface area contributed by atoms with Gasteiger partial charge in [-0.25, -0.2) is 5.43 Å². The summed E-state index contributed by atoms with van der Waals surface area (Å²) < 4.78 is 7.44. The van der Waals surface area contributed by atoms with E-state index in [0.717, 1.165) is 30.8 Å². The molecule has 2 N–H and O–H groups in total. The molecule has 4 rings (SSSR count). The largest absolute Gasteiger partial charge is 0.451 e. The van der Waals surface area contributed by atoms with Crippen molar-refractivity contribution in [3.8, 4) is 0 Å². The van der Waals surface area contributed by atoms with Crippen LogP contribution in [0.4, 0.5) is 0 Å². The summed E-state index contributed by atoms with van der Waals surface area (Å²) in [6.45, 7) is 0. The number of hydrogen-bond acceptors (Lipinski definition) is 3. The Morgan fingerprint density at radius 1 is 1.12 bits per heavy atom. The number of fused-ring (bicyclic) bond motifs is 2. The molecule has 1 amide bonds. The van der Waals surface area contributed by atoms with Crippen LogP contribution in [0.2, 0.25) is 0 Å². The molecule has 0 aliphatic heterocycles. The summed E-state index contributed by atoms with van der Waals surface area (Å²) in [4.78, 5) is 15.4. The maximum Gasteiger partial charge on any atom is 0.307 e. The summed E-state index contributed by atoms with van der Waals surface area (Å²) in [5, 5.41) is 5.90. The van der Waals surface area contributed by atoms with Gasteiger partial charge in [0.2, 0.25) is 0 Å². The number of nitrogens with zero attached hydrogens (tertiary/aromatic N) is 1. The summed E-state index contributed by atoms with van der Waals surface area (Å²) >= 11 is 6.85. The molecule has 0 aliphatic carbocycles. The van der Waals surface area contributed by atoms with Gasteiger partial charge in [0.25, 0.3) is 0 Å². The Hall–Kier alpha value is -2.38. The number of rotatable bonds is 3. The second kappa shape index (κ2) is 6.50. The molecular formula is C18H11Br2N3O2. The summed E-state index contributed by atoms with van der Waals surface area (Å²) in [5.74, 6) is -0.184. The number of furan rings is 1. The zero-order valence-corrected chi connectivity index (χ0v) is 15.9. The lowest BCUT2D eigenvalue weighted by molar-refractivity contribution is 0.0929. The molecule has 2 aromatic heterocycles. The lowest BCUT2D eigenvalue weighted by Crippen LogP contribution is -2.16. The lowest BCUT2D eigenvalue weighted by atomic mass is 10.2. The second-order valence-corrected chi connectivity index (χ2v) is 7.26. The molecule has 0 fully saturated rings. The number of hydrazone groups is 1. The van der Waals surface area contributed by atoms with Crippen LogP contribution >= 0.6 is 31.9 Å². The van der Waals surface area contributed by atoms with Crippen molar-refractivity contribution in [1.82, 2.24) is 10.4 Å². The molecule has 0 saturated heterocycles. The number of aromatic amines is 1. The number of benzene rings is 2. The molecular weight excluding hydrogens is 450 g/mol. The zero-order chi connectivity index (χ0) is 17.4. The highest BCUT2D eigenvalue weighted by Gasteiger charge is 2.11. The fraction of sp³-hybridized carbons (Fsp3) is 0. The first kappa shape index (κ1) is 16.1. The highest BCUT2D eigenvalue weighted by molar-refractivity contribution is 9.10. The molecule has 0 radical (unpaired) electrons. The van der Waals surface area contributed by atoms with E-state index in [1.54, 1.807) is 12.3 Å². The van der Waals surface area contributed by atoms with Crippen molar-refractivity contribution in [3.63, 3.8) is 0 Å². The van der Waals surface area contributed by atoms with Gasteiger partial charge in [0.15, 0.2) is 5.76 Å². The Morgan fingerprint density at radius 3 is 2.80 bits per heavy atom. The highest BCUT2D eigenvalue weighted by Crippen LogP contribution is 2.23. The summed E-state index contributed by atoms with van der Waals surface area (Å²) in [6.07, 6.45) is 3.44. The van der Waals surface area contributed by atoms with Crippen molar-refractivity contribution >= 4 is 65.9 Å². The number of aromatic nitrogens is 1. The average Bonchev–Trinajstić information content (AvgIpc) is 3.18. The lowest BCUT2D eigenvalue weighted by Gasteiger charge is -1.95. The van der Waals surface area contributed by atoms with Gasteiger partial charge in [-0.15, -0.1) is 0 Å². The van der Waals surface area contributed by atoms with Gasteiger partial charge in [0.1, 0.15) is 5.58 Å². The minimum Gasteiger partial charge on any atom is -0.451 e. The SMILES string of the molecule is O=C(N/N=C/c1c[nH]c2ccc(Br)cc12)c1cc2cc(Br)ccc2o1. The molecule has 25 heavy (non-hydrogen) atoms. The van der Waals surface area contributed by atoms with E-state index in [-0.39, 0.29) is 5.76 Å². The molecule has 124 valence electrons. The molecule has 5 nitrogen and oxygen atoms in total. The highest BCUT2D eigenvalue weighted by atomic mass is 79.9. The Labute approximate surface area is 159 Å². The molecule has 0 saturated carbocycles. The van der Waals surface area contributed by atoms with Crippen molar-refractivity contribution in [3.05, 3.63) is 68.9 Å². The molecule has 0 atom stereocenters. The van der Waals surface area contributed by atoms with E-state index >= 15 is 0 Å². The average molecular weight is 461 g/mol. The Morgan fingerprint density at radius 2 is 1.92 bits per heavy atom. The fourth-order valence-electron chi connectivity index (χ4n) is 2.56. The van der Waals surface area contributed by atoms with Crippen LogP contribution in [0.1, 0.15) is 16.1 Å². The van der Waals surface area contributed by atoms with Crippen molar-refractivity contribution in [1.29, 1.82) is 0 Å². The molecule has 0 spiro atoms. The van der Waals surface area contributed by atoms with Crippen LogP contribution in [0.3, 0.4) is 0 Å². The Balaban J connectivity index is 1.53. The molecule has 4 aromatic rings. The summed E-state index contributed by atoms with van der Waals surface area (Å²) in [5.41, 5.74) is 5.02. The van der Waals surface area contributed by atoms with Crippen LogP contribution in [-0.4, -0.2) is 17.1 Å². The van der Waals surface area contributed by atoms with E-state index in [1.165, 1.54) is 0 Å². The van der Waals surface area contributed by atoms with Crippen molar-refractivity contribution < 1.29 is 9.21 Å². The number of amides is 1. The van der Waals surface area contributed by atoms with Gasteiger partial charge < -0.3 is 9.40 Å². The van der Waals surface area contributed by atoms with Gasteiger partial charge in [0.05, 0.1) is 6.21 Å². The maximum absolute atomic E-state index is 12.2. The zero-order valence-electron chi connectivity index (χ0n) is 12.7. The summed E-state index contributed by atoms with van der Waals surface area (Å²) in [7, 11) is 0. The van der Waals surface area contributed by atoms with Gasteiger partial charge in [-0.1, -0.05) is 31.9 Å². The third kappa shape index (κ3) is 3.25. The minimum absolute atomic E-state index is 0.215. The molecule has 0 unspecified atom stereocenters. The number of carbonyl (C=O) groups excluding carboxylic acids is 1. The third-order valence-corrected chi connectivity index (χ3v) is 4.73. The third-order valence-electron chi connectivity index (χ3n) is 3.75. The maximum atomic E-state index is 12.2. The second-order valence-electron chi connectivity index (χ2n) is 5.43. The number of halogens is 2. The van der Waals surface area contributed by atoms with E-state index in [4.69, 9.17) is 4.42 Å². The van der Waals surface area contributed by atoms with E-state index < -0.39 is 5.91 Å². The number of H-pyrrole nitrogens is 1. The molecule has 0 bridgehead atoms. The predicted molar refractivity (Wildman–Crippen MR) is 105 cm³/mol. The summed E-state index contributed by atoms with van der Waals surface area (Å²) in [6, 6.07) is 13.2. The number of carbonyl (C=O) groups is 1. The van der Waals surface area contributed by atoms with Crippen LogP contribution in [-0.2, 0) is 0 Å². The normalized spacial score (nSPS) is 11.6. The quantitative estimate of drug-likeness (QED) is 0.325. The topological polar surface area (TPSA) is 70.4 Å². The van der Waals surface area contributed by atoms with Crippen molar-refractivity contribution in [2.45, 2.75) is 0 Å². The van der Waals surface area contributed by atoms with E-state index in [9.17, 15) is 4.79 Å². The van der Waals surface area contributed by atoms with Crippen LogP contribution in [0, 0.1) is 0 Å². The molecule has 2 heterocycles. The van der Waals surface area contributed by atoms with Crippen LogP contribution < -0.4 is 5.43 Å². The van der Waals surface area contributed by atoms with Crippen LogP contribution in [0.25, 0.3) is 21.9 Å². The first-order valence-corrected chi connectivity index (χ1v) is 8.98. The van der Waals surface area contributed by atoms with Gasteiger partial charge >= 0.3 is 5.91 Å². The first-order valence-electron chi connectivity index (χ1n) is 7.39. The predicted octanol–water partition coefficient (Wildman–Crippen LogP) is 5.20. The smallest absolute Gasteiger partial charge is 0.307 e. The first-order chi connectivity index (χ1) is 12.1. The van der Waals surface area contributed by atoms with E-state index in [1.807, 2.05) is 42.6 Å². The van der Waals surface area contributed by atoms with Crippen LogP contribution in [0.5, 0.6) is 0 Å².